The van der Waals surface area contributed by atoms with Gasteiger partial charge in [0.05, 0.1) is 27.8 Å². The second-order valence-corrected chi connectivity index (χ2v) is 12.7. The van der Waals surface area contributed by atoms with Gasteiger partial charge < -0.3 is 13.9 Å². The fourth-order valence-corrected chi connectivity index (χ4v) is 7.58. The highest BCUT2D eigenvalue weighted by atomic mass is 19.1. The van der Waals surface area contributed by atoms with E-state index >= 15 is 0 Å². The molecule has 0 saturated heterocycles. The Kier molecular flexibility index (Phi) is 6.36. The van der Waals surface area contributed by atoms with Crippen molar-refractivity contribution in [2.45, 2.75) is 0 Å². The highest BCUT2D eigenvalue weighted by Crippen LogP contribution is 2.45. The molecule has 8 aromatic carbocycles. The van der Waals surface area contributed by atoms with Gasteiger partial charge in [-0.15, -0.1) is 0 Å². The van der Waals surface area contributed by atoms with Gasteiger partial charge in [-0.3, -0.25) is 0 Å². The van der Waals surface area contributed by atoms with E-state index in [-0.39, 0.29) is 5.82 Å². The van der Waals surface area contributed by atoms with Gasteiger partial charge in [0.25, 0.3) is 0 Å². The number of nitrogens with zero attached hydrogens (tertiary/aromatic N) is 2. The Bertz CT molecular complexity index is 2880. The lowest BCUT2D eigenvalue weighted by Crippen LogP contribution is -2.10. The molecule has 2 heterocycles. The Labute approximate surface area is 287 Å². The summed E-state index contributed by atoms with van der Waals surface area (Å²) in [6.07, 6.45) is 0. The number of halogens is 1. The molecule has 0 aliphatic rings. The van der Waals surface area contributed by atoms with Gasteiger partial charge in [0.15, 0.2) is 0 Å². The van der Waals surface area contributed by atoms with Crippen molar-refractivity contribution in [2.75, 3.05) is 4.90 Å². The molecule has 0 aliphatic heterocycles. The molecule has 0 aliphatic carbocycles. The smallest absolute Gasteiger partial charge is 0.137 e. The summed E-state index contributed by atoms with van der Waals surface area (Å²) in [6, 6.07) is 60.2. The predicted molar refractivity (Wildman–Crippen MR) is 206 cm³/mol. The molecule has 10 aromatic rings. The Balaban J connectivity index is 1.14. The molecule has 0 saturated carbocycles. The number of rotatable bonds is 5. The van der Waals surface area contributed by atoms with Gasteiger partial charge in [0, 0.05) is 32.9 Å². The van der Waals surface area contributed by atoms with Crippen LogP contribution in [0.2, 0.25) is 0 Å². The minimum atomic E-state index is -0.242. The van der Waals surface area contributed by atoms with E-state index in [1.165, 1.54) is 22.9 Å². The number of hydrogen-bond donors (Lipinski definition) is 0. The number of aromatic nitrogens is 1. The van der Waals surface area contributed by atoms with E-state index < -0.39 is 0 Å². The monoisotopic (exact) mass is 644 g/mol. The predicted octanol–water partition coefficient (Wildman–Crippen LogP) is 13.1. The van der Waals surface area contributed by atoms with E-state index in [1.807, 2.05) is 30.3 Å². The van der Waals surface area contributed by atoms with Gasteiger partial charge in [-0.1, -0.05) is 97.1 Å². The third kappa shape index (κ3) is 4.42. The van der Waals surface area contributed by atoms with Crippen LogP contribution in [-0.2, 0) is 0 Å². The van der Waals surface area contributed by atoms with E-state index in [1.54, 1.807) is 0 Å². The summed E-state index contributed by atoms with van der Waals surface area (Å²) in [5, 5.41) is 6.85. The molecular formula is C46H29FN2O. The lowest BCUT2D eigenvalue weighted by Gasteiger charge is -2.27. The van der Waals surface area contributed by atoms with E-state index in [0.717, 1.165) is 77.6 Å². The molecule has 10 rings (SSSR count). The first-order chi connectivity index (χ1) is 24.7. The molecule has 0 spiro atoms. The molecule has 0 N–H and O–H groups in total. The summed E-state index contributed by atoms with van der Waals surface area (Å²) in [6.45, 7) is 0. The Morgan fingerprint density at radius 3 is 1.96 bits per heavy atom. The molecule has 50 heavy (non-hydrogen) atoms. The van der Waals surface area contributed by atoms with Crippen molar-refractivity contribution < 1.29 is 8.81 Å². The molecule has 0 bridgehead atoms. The van der Waals surface area contributed by atoms with Crippen molar-refractivity contribution in [3.8, 4) is 16.8 Å². The second-order valence-electron chi connectivity index (χ2n) is 12.7. The van der Waals surface area contributed by atoms with Crippen LogP contribution in [0.1, 0.15) is 0 Å². The summed E-state index contributed by atoms with van der Waals surface area (Å²) in [5.41, 5.74) is 10.3. The Hall–Kier alpha value is -6.65. The van der Waals surface area contributed by atoms with Crippen LogP contribution < -0.4 is 4.90 Å². The fraction of sp³-hybridized carbons (Fsp3) is 0. The van der Waals surface area contributed by atoms with Crippen molar-refractivity contribution in [3.05, 3.63) is 182 Å². The third-order valence-corrected chi connectivity index (χ3v) is 9.85. The van der Waals surface area contributed by atoms with Gasteiger partial charge in [0.1, 0.15) is 17.0 Å². The third-order valence-electron chi connectivity index (χ3n) is 9.85. The van der Waals surface area contributed by atoms with Gasteiger partial charge >= 0.3 is 0 Å². The van der Waals surface area contributed by atoms with Crippen molar-refractivity contribution >= 4 is 71.6 Å². The molecule has 0 radical (unpaired) electrons. The second kappa shape index (κ2) is 11.2. The highest BCUT2D eigenvalue weighted by molar-refractivity contribution is 6.15. The van der Waals surface area contributed by atoms with Crippen LogP contribution in [0.3, 0.4) is 0 Å². The maximum Gasteiger partial charge on any atom is 0.137 e. The van der Waals surface area contributed by atoms with E-state index in [4.69, 9.17) is 4.42 Å². The topological polar surface area (TPSA) is 21.3 Å². The Morgan fingerprint density at radius 1 is 0.460 bits per heavy atom. The number of furan rings is 1. The maximum absolute atomic E-state index is 13.8. The van der Waals surface area contributed by atoms with Crippen LogP contribution in [0.4, 0.5) is 21.5 Å². The molecule has 0 atom stereocenters. The summed E-state index contributed by atoms with van der Waals surface area (Å²) >= 11 is 0. The summed E-state index contributed by atoms with van der Waals surface area (Å²) < 4.78 is 22.4. The zero-order chi connectivity index (χ0) is 33.2. The molecule has 3 nitrogen and oxygen atoms in total. The first-order valence-electron chi connectivity index (χ1n) is 16.8. The number of anilines is 3. The lowest BCUT2D eigenvalue weighted by atomic mass is 10.0. The molecule has 236 valence electrons. The van der Waals surface area contributed by atoms with Crippen LogP contribution >= 0.6 is 0 Å². The average Bonchev–Trinajstić information content (AvgIpc) is 3.72. The largest absolute Gasteiger partial charge is 0.456 e. The van der Waals surface area contributed by atoms with Crippen LogP contribution in [0, 0.1) is 5.82 Å². The van der Waals surface area contributed by atoms with Crippen molar-refractivity contribution in [1.29, 1.82) is 0 Å². The average molecular weight is 645 g/mol. The lowest BCUT2D eigenvalue weighted by molar-refractivity contribution is 0.627. The number of fused-ring (bicyclic) bond motifs is 7. The minimum absolute atomic E-state index is 0.242. The first kappa shape index (κ1) is 28.4. The van der Waals surface area contributed by atoms with E-state index in [0.29, 0.717) is 0 Å². The number of benzene rings is 8. The van der Waals surface area contributed by atoms with Crippen molar-refractivity contribution in [1.82, 2.24) is 4.57 Å². The molecular weight excluding hydrogens is 616 g/mol. The highest BCUT2D eigenvalue weighted by Gasteiger charge is 2.21. The fourth-order valence-electron chi connectivity index (χ4n) is 7.58. The SMILES string of the molecule is Fc1ccc(-n2c3ccccc3c3cc(-c4ccc(N(c5cccc6ccccc56)c5cccc6oc7ccccc7c56)cc4)ccc32)cc1. The molecule has 4 heteroatoms. The molecule has 0 amide bonds. The number of para-hydroxylation sites is 2. The maximum atomic E-state index is 13.8. The number of hydrogen-bond acceptors (Lipinski definition) is 2. The summed E-state index contributed by atoms with van der Waals surface area (Å²) in [5.74, 6) is -0.242. The van der Waals surface area contributed by atoms with Crippen LogP contribution in [0.15, 0.2) is 180 Å². The van der Waals surface area contributed by atoms with Gasteiger partial charge in [-0.25, -0.2) is 4.39 Å². The van der Waals surface area contributed by atoms with Gasteiger partial charge in [0.2, 0.25) is 0 Å². The first-order valence-corrected chi connectivity index (χ1v) is 16.8. The standard InChI is InChI=1S/C46H29FN2O/c47-33-22-26-35(27-23-33)48-41-14-5-3-12-37(41)39-29-32(21-28-42(39)48)30-19-24-34(25-20-30)49(40-15-7-10-31-9-1-2-11-36(31)40)43-16-8-18-45-46(43)38-13-4-6-17-44(38)50-45/h1-29H. The van der Waals surface area contributed by atoms with E-state index in [9.17, 15) is 4.39 Å². The zero-order valence-electron chi connectivity index (χ0n) is 26.9. The zero-order valence-corrected chi connectivity index (χ0v) is 26.9. The molecule has 2 aromatic heterocycles. The van der Waals surface area contributed by atoms with Crippen molar-refractivity contribution in [3.63, 3.8) is 0 Å². The van der Waals surface area contributed by atoms with Gasteiger partial charge in [-0.05, 0) is 95.4 Å². The molecule has 0 unspecified atom stereocenters. The Morgan fingerprint density at radius 2 is 1.10 bits per heavy atom. The summed E-state index contributed by atoms with van der Waals surface area (Å²) in [7, 11) is 0. The van der Waals surface area contributed by atoms with Crippen LogP contribution in [0.25, 0.3) is 71.3 Å². The van der Waals surface area contributed by atoms with Gasteiger partial charge in [-0.2, -0.15) is 0 Å². The van der Waals surface area contributed by atoms with Crippen molar-refractivity contribution in [2.24, 2.45) is 0 Å². The minimum Gasteiger partial charge on any atom is -0.456 e. The normalized spacial score (nSPS) is 11.7. The van der Waals surface area contributed by atoms with E-state index in [2.05, 4.69) is 143 Å². The summed E-state index contributed by atoms with van der Waals surface area (Å²) in [4.78, 5) is 2.36. The quantitative estimate of drug-likeness (QED) is 0.186. The van der Waals surface area contributed by atoms with Crippen LogP contribution in [0.5, 0.6) is 0 Å². The molecule has 0 fully saturated rings. The van der Waals surface area contributed by atoms with Crippen LogP contribution in [-0.4, -0.2) is 4.57 Å².